The molecule has 0 atom stereocenters. The van der Waals surface area contributed by atoms with E-state index in [1.54, 1.807) is 24.3 Å². The molecule has 0 aliphatic carbocycles. The average Bonchev–Trinajstić information content (AvgIpc) is 2.38. The van der Waals surface area contributed by atoms with Crippen LogP contribution < -0.4 is 5.56 Å². The third kappa shape index (κ3) is 2.43. The normalized spacial score (nSPS) is 10.3. The van der Waals surface area contributed by atoms with E-state index in [2.05, 4.69) is 17.6 Å². The highest BCUT2D eigenvalue weighted by molar-refractivity contribution is 7.79. The van der Waals surface area contributed by atoms with Gasteiger partial charge in [0, 0.05) is 29.1 Å². The first-order chi connectivity index (χ1) is 8.61. The Kier molecular flexibility index (Phi) is 3.47. The largest absolute Gasteiger partial charge is 0.322 e. The van der Waals surface area contributed by atoms with Crippen molar-refractivity contribution in [3.63, 3.8) is 0 Å². The second kappa shape index (κ2) is 5.05. The quantitative estimate of drug-likeness (QED) is 0.506. The third-order valence-corrected chi connectivity index (χ3v) is 2.89. The van der Waals surface area contributed by atoms with Gasteiger partial charge in [-0.2, -0.15) is 12.6 Å². The summed E-state index contributed by atoms with van der Waals surface area (Å²) in [7, 11) is 0. The first-order valence-corrected chi connectivity index (χ1v) is 5.83. The molecule has 0 saturated carbocycles. The van der Waals surface area contributed by atoms with Gasteiger partial charge in [0.15, 0.2) is 0 Å². The standard InChI is InChI=1S/C12H10N2O3S/c15-12-9(7-18)3-6-11(13-12)8-1-4-10(5-2-8)14(16)17/h1-6,18H,7H2,(H,13,15). The van der Waals surface area contributed by atoms with Gasteiger partial charge in [-0.3, -0.25) is 14.9 Å². The molecule has 0 bridgehead atoms. The van der Waals surface area contributed by atoms with Crippen molar-refractivity contribution in [1.29, 1.82) is 0 Å². The summed E-state index contributed by atoms with van der Waals surface area (Å²) < 4.78 is 0. The van der Waals surface area contributed by atoms with Gasteiger partial charge >= 0.3 is 0 Å². The second-order valence-corrected chi connectivity index (χ2v) is 4.00. The van der Waals surface area contributed by atoms with E-state index < -0.39 is 4.92 Å². The maximum Gasteiger partial charge on any atom is 0.269 e. The Morgan fingerprint density at radius 2 is 1.83 bits per heavy atom. The first-order valence-electron chi connectivity index (χ1n) is 5.19. The molecule has 0 unspecified atom stereocenters. The summed E-state index contributed by atoms with van der Waals surface area (Å²) in [5, 5.41) is 10.5. The van der Waals surface area contributed by atoms with Crippen LogP contribution in [0.25, 0.3) is 11.3 Å². The molecule has 5 nitrogen and oxygen atoms in total. The summed E-state index contributed by atoms with van der Waals surface area (Å²) in [5.74, 6) is 0.371. The number of pyridine rings is 1. The van der Waals surface area contributed by atoms with Crippen LogP contribution in [0.4, 0.5) is 5.69 Å². The second-order valence-electron chi connectivity index (χ2n) is 3.69. The van der Waals surface area contributed by atoms with Crippen LogP contribution in [0.5, 0.6) is 0 Å². The van der Waals surface area contributed by atoms with E-state index >= 15 is 0 Å². The number of nitro groups is 1. The van der Waals surface area contributed by atoms with Crippen LogP contribution in [-0.2, 0) is 5.75 Å². The molecule has 1 aromatic heterocycles. The van der Waals surface area contributed by atoms with Crippen molar-refractivity contribution in [2.45, 2.75) is 5.75 Å². The van der Waals surface area contributed by atoms with Gasteiger partial charge in [-0.15, -0.1) is 0 Å². The molecule has 2 rings (SSSR count). The predicted octanol–water partition coefficient (Wildman–Crippen LogP) is 2.38. The Balaban J connectivity index is 2.40. The van der Waals surface area contributed by atoms with E-state index in [9.17, 15) is 14.9 Å². The van der Waals surface area contributed by atoms with E-state index in [0.717, 1.165) is 5.56 Å². The van der Waals surface area contributed by atoms with E-state index in [1.165, 1.54) is 12.1 Å². The number of hydrogen-bond donors (Lipinski definition) is 2. The maximum absolute atomic E-state index is 11.6. The Morgan fingerprint density at radius 1 is 1.17 bits per heavy atom. The molecule has 18 heavy (non-hydrogen) atoms. The van der Waals surface area contributed by atoms with Crippen LogP contribution >= 0.6 is 12.6 Å². The van der Waals surface area contributed by atoms with E-state index in [-0.39, 0.29) is 11.2 Å². The number of thiol groups is 1. The number of non-ortho nitro benzene ring substituents is 1. The topological polar surface area (TPSA) is 76.0 Å². The molecule has 0 aliphatic rings. The number of nitro benzene ring substituents is 1. The number of H-pyrrole nitrogens is 1. The zero-order chi connectivity index (χ0) is 13.1. The summed E-state index contributed by atoms with van der Waals surface area (Å²) in [6, 6.07) is 9.46. The molecule has 0 amide bonds. The number of nitrogens with one attached hydrogen (secondary N) is 1. The average molecular weight is 262 g/mol. The minimum atomic E-state index is -0.462. The lowest BCUT2D eigenvalue weighted by atomic mass is 10.1. The van der Waals surface area contributed by atoms with Crippen molar-refractivity contribution in [3.05, 3.63) is 62.4 Å². The van der Waals surface area contributed by atoms with Gasteiger partial charge in [0.2, 0.25) is 0 Å². The number of aromatic nitrogens is 1. The Labute approximate surface area is 108 Å². The van der Waals surface area contributed by atoms with Crippen LogP contribution in [0.1, 0.15) is 5.56 Å². The van der Waals surface area contributed by atoms with Crippen molar-refractivity contribution >= 4 is 18.3 Å². The molecule has 1 heterocycles. The first kappa shape index (κ1) is 12.4. The number of nitrogens with zero attached hydrogens (tertiary/aromatic N) is 1. The molecule has 1 aromatic carbocycles. The Morgan fingerprint density at radius 3 is 2.33 bits per heavy atom. The number of rotatable bonds is 3. The Hall–Kier alpha value is -2.08. The molecular formula is C12H10N2O3S. The minimum Gasteiger partial charge on any atom is -0.322 e. The summed E-state index contributed by atoms with van der Waals surface area (Å²) >= 11 is 4.04. The molecule has 6 heteroatoms. The van der Waals surface area contributed by atoms with E-state index in [0.29, 0.717) is 17.0 Å². The third-order valence-electron chi connectivity index (χ3n) is 2.55. The van der Waals surface area contributed by atoms with Crippen LogP contribution in [0.3, 0.4) is 0 Å². The summed E-state index contributed by atoms with van der Waals surface area (Å²) in [5.41, 5.74) is 1.77. The highest BCUT2D eigenvalue weighted by Gasteiger charge is 2.06. The van der Waals surface area contributed by atoms with Gasteiger partial charge in [-0.1, -0.05) is 6.07 Å². The zero-order valence-corrected chi connectivity index (χ0v) is 10.2. The van der Waals surface area contributed by atoms with Gasteiger partial charge in [0.1, 0.15) is 0 Å². The van der Waals surface area contributed by atoms with E-state index in [4.69, 9.17) is 0 Å². The highest BCUT2D eigenvalue weighted by Crippen LogP contribution is 2.19. The van der Waals surface area contributed by atoms with Crippen LogP contribution in [-0.4, -0.2) is 9.91 Å². The van der Waals surface area contributed by atoms with Gasteiger partial charge in [-0.05, 0) is 23.8 Å². The van der Waals surface area contributed by atoms with Gasteiger partial charge in [-0.25, -0.2) is 0 Å². The molecule has 2 aromatic rings. The fraction of sp³-hybridized carbons (Fsp3) is 0.0833. The molecule has 0 spiro atoms. The fourth-order valence-electron chi connectivity index (χ4n) is 1.56. The lowest BCUT2D eigenvalue weighted by molar-refractivity contribution is -0.384. The van der Waals surface area contributed by atoms with Crippen molar-refractivity contribution in [2.24, 2.45) is 0 Å². The van der Waals surface area contributed by atoms with Crippen molar-refractivity contribution in [3.8, 4) is 11.3 Å². The van der Waals surface area contributed by atoms with Crippen LogP contribution in [0.2, 0.25) is 0 Å². The summed E-state index contributed by atoms with van der Waals surface area (Å²) in [6.07, 6.45) is 0. The Bertz CT molecular complexity index is 635. The smallest absolute Gasteiger partial charge is 0.269 e. The van der Waals surface area contributed by atoms with Crippen molar-refractivity contribution in [1.82, 2.24) is 4.98 Å². The fourth-order valence-corrected chi connectivity index (χ4v) is 1.81. The van der Waals surface area contributed by atoms with Crippen LogP contribution in [0, 0.1) is 10.1 Å². The number of benzene rings is 1. The molecule has 0 saturated heterocycles. The molecule has 0 aliphatic heterocycles. The van der Waals surface area contributed by atoms with Gasteiger partial charge in [0.05, 0.1) is 4.92 Å². The maximum atomic E-state index is 11.6. The predicted molar refractivity (Wildman–Crippen MR) is 71.8 cm³/mol. The minimum absolute atomic E-state index is 0.0214. The van der Waals surface area contributed by atoms with Gasteiger partial charge < -0.3 is 4.98 Å². The van der Waals surface area contributed by atoms with E-state index in [1.807, 2.05) is 0 Å². The summed E-state index contributed by atoms with van der Waals surface area (Å²) in [4.78, 5) is 24.4. The number of hydrogen-bond acceptors (Lipinski definition) is 4. The van der Waals surface area contributed by atoms with Crippen molar-refractivity contribution in [2.75, 3.05) is 0 Å². The molecule has 92 valence electrons. The SMILES string of the molecule is O=c1[nH]c(-c2ccc([N+](=O)[O-])cc2)ccc1CS. The van der Waals surface area contributed by atoms with Gasteiger partial charge in [0.25, 0.3) is 11.2 Å². The molecular weight excluding hydrogens is 252 g/mol. The van der Waals surface area contributed by atoms with Crippen molar-refractivity contribution < 1.29 is 4.92 Å². The highest BCUT2D eigenvalue weighted by atomic mass is 32.1. The monoisotopic (exact) mass is 262 g/mol. The summed E-state index contributed by atoms with van der Waals surface area (Å²) in [6.45, 7) is 0. The number of aromatic amines is 1. The molecule has 1 N–H and O–H groups in total. The molecule has 0 radical (unpaired) electrons. The lowest BCUT2D eigenvalue weighted by Crippen LogP contribution is -2.11. The zero-order valence-electron chi connectivity index (χ0n) is 9.29. The molecule has 0 fully saturated rings. The van der Waals surface area contributed by atoms with Crippen LogP contribution in [0.15, 0.2) is 41.2 Å². The lowest BCUT2D eigenvalue weighted by Gasteiger charge is -2.02.